The second kappa shape index (κ2) is 5.10. The summed E-state index contributed by atoms with van der Waals surface area (Å²) in [6.07, 6.45) is 0. The third-order valence-electron chi connectivity index (χ3n) is 3.44. The summed E-state index contributed by atoms with van der Waals surface area (Å²) in [5.41, 5.74) is 9.72. The number of nitrogens with two attached hydrogens (primary N) is 1. The maximum atomic E-state index is 5.76. The van der Waals surface area contributed by atoms with Crippen LogP contribution < -0.4 is 15.2 Å². The number of aryl methyl sites for hydroxylation is 2. The summed E-state index contributed by atoms with van der Waals surface area (Å²) in [6, 6.07) is 3.98. The molecule has 0 saturated carbocycles. The summed E-state index contributed by atoms with van der Waals surface area (Å²) in [6.45, 7) is 3.65. The smallest absolute Gasteiger partial charge is 0.162 e. The van der Waals surface area contributed by atoms with Crippen molar-refractivity contribution in [2.75, 3.05) is 13.2 Å². The van der Waals surface area contributed by atoms with Crippen molar-refractivity contribution in [2.24, 2.45) is 12.8 Å². The zero-order valence-electron chi connectivity index (χ0n) is 11.4. The Bertz CT molecular complexity index is 667. The molecule has 5 nitrogen and oxygen atoms in total. The fourth-order valence-electron chi connectivity index (χ4n) is 2.37. The number of benzene rings is 1. The van der Waals surface area contributed by atoms with E-state index in [0.29, 0.717) is 19.8 Å². The second-order valence-electron chi connectivity index (χ2n) is 4.75. The maximum absolute atomic E-state index is 5.76. The molecule has 0 unspecified atom stereocenters. The van der Waals surface area contributed by atoms with E-state index >= 15 is 0 Å². The van der Waals surface area contributed by atoms with Crippen molar-refractivity contribution in [3.8, 4) is 22.8 Å². The highest BCUT2D eigenvalue weighted by molar-refractivity contribution is 9.10. The lowest BCUT2D eigenvalue weighted by molar-refractivity contribution is 0.171. The molecule has 1 aromatic carbocycles. The fraction of sp³-hybridized carbons (Fsp3) is 0.357. The zero-order chi connectivity index (χ0) is 14.3. The third kappa shape index (κ3) is 2.09. The number of ether oxygens (including phenoxy) is 2. The van der Waals surface area contributed by atoms with Crippen molar-refractivity contribution in [1.82, 2.24) is 9.78 Å². The van der Waals surface area contributed by atoms with Gasteiger partial charge in [-0.2, -0.15) is 5.10 Å². The Labute approximate surface area is 125 Å². The minimum Gasteiger partial charge on any atom is -0.486 e. The first-order chi connectivity index (χ1) is 9.61. The molecule has 6 heteroatoms. The monoisotopic (exact) mass is 337 g/mol. The number of aromatic nitrogens is 2. The lowest BCUT2D eigenvalue weighted by Crippen LogP contribution is -2.15. The normalized spacial score (nSPS) is 13.6. The molecule has 0 bridgehead atoms. The Morgan fingerprint density at radius 1 is 1.30 bits per heavy atom. The van der Waals surface area contributed by atoms with E-state index in [1.54, 1.807) is 4.68 Å². The van der Waals surface area contributed by atoms with E-state index in [-0.39, 0.29) is 0 Å². The molecule has 1 aliphatic rings. The van der Waals surface area contributed by atoms with E-state index in [9.17, 15) is 0 Å². The van der Waals surface area contributed by atoms with Crippen molar-refractivity contribution in [1.29, 1.82) is 0 Å². The Morgan fingerprint density at radius 2 is 1.95 bits per heavy atom. The van der Waals surface area contributed by atoms with Gasteiger partial charge in [0, 0.05) is 19.2 Å². The van der Waals surface area contributed by atoms with Crippen molar-refractivity contribution in [3.05, 3.63) is 27.9 Å². The van der Waals surface area contributed by atoms with Crippen LogP contribution in [0.1, 0.15) is 11.3 Å². The Hall–Kier alpha value is -1.53. The van der Waals surface area contributed by atoms with Crippen LogP contribution in [0.2, 0.25) is 0 Å². The van der Waals surface area contributed by atoms with E-state index in [2.05, 4.69) is 21.0 Å². The Kier molecular flexibility index (Phi) is 3.43. The van der Waals surface area contributed by atoms with Crippen molar-refractivity contribution in [2.45, 2.75) is 13.5 Å². The minimum absolute atomic E-state index is 0.438. The molecule has 2 N–H and O–H groups in total. The van der Waals surface area contributed by atoms with Gasteiger partial charge in [-0.05, 0) is 40.5 Å². The van der Waals surface area contributed by atoms with Gasteiger partial charge in [-0.15, -0.1) is 0 Å². The van der Waals surface area contributed by atoms with Gasteiger partial charge in [0.2, 0.25) is 0 Å². The minimum atomic E-state index is 0.438. The van der Waals surface area contributed by atoms with Crippen LogP contribution in [0, 0.1) is 6.92 Å². The number of fused-ring (bicyclic) bond motifs is 1. The highest BCUT2D eigenvalue weighted by Gasteiger charge is 2.20. The number of hydrogen-bond acceptors (Lipinski definition) is 4. The largest absolute Gasteiger partial charge is 0.486 e. The zero-order valence-corrected chi connectivity index (χ0v) is 13.0. The molecule has 20 heavy (non-hydrogen) atoms. The van der Waals surface area contributed by atoms with Crippen molar-refractivity contribution in [3.63, 3.8) is 0 Å². The predicted octanol–water partition coefficient (Wildman–Crippen LogP) is 2.39. The predicted molar refractivity (Wildman–Crippen MR) is 80.0 cm³/mol. The van der Waals surface area contributed by atoms with E-state index in [0.717, 1.165) is 38.5 Å². The molecule has 0 fully saturated rings. The van der Waals surface area contributed by atoms with E-state index in [4.69, 9.17) is 15.2 Å². The third-order valence-corrected chi connectivity index (χ3v) is 4.27. The van der Waals surface area contributed by atoms with E-state index in [1.807, 2.05) is 26.1 Å². The van der Waals surface area contributed by atoms with Gasteiger partial charge in [0.25, 0.3) is 0 Å². The molecule has 0 amide bonds. The fourth-order valence-corrected chi connectivity index (χ4v) is 3.08. The first kappa shape index (κ1) is 13.5. The van der Waals surface area contributed by atoms with Gasteiger partial charge in [0.05, 0.1) is 10.2 Å². The lowest BCUT2D eigenvalue weighted by Gasteiger charge is -2.20. The molecule has 3 rings (SSSR count). The average molecular weight is 338 g/mol. The highest BCUT2D eigenvalue weighted by Crippen LogP contribution is 2.39. The number of halogens is 1. The lowest BCUT2D eigenvalue weighted by atomic mass is 10.0. The van der Waals surface area contributed by atoms with E-state index in [1.165, 1.54) is 0 Å². The molecule has 0 saturated heterocycles. The van der Waals surface area contributed by atoms with E-state index < -0.39 is 0 Å². The summed E-state index contributed by atoms with van der Waals surface area (Å²) in [7, 11) is 1.89. The van der Waals surface area contributed by atoms with Gasteiger partial charge >= 0.3 is 0 Å². The molecular weight excluding hydrogens is 322 g/mol. The van der Waals surface area contributed by atoms with Crippen LogP contribution in [0.4, 0.5) is 0 Å². The summed E-state index contributed by atoms with van der Waals surface area (Å²) in [5, 5.41) is 4.55. The van der Waals surface area contributed by atoms with Gasteiger partial charge in [-0.3, -0.25) is 4.68 Å². The summed E-state index contributed by atoms with van der Waals surface area (Å²) < 4.78 is 14.0. The van der Waals surface area contributed by atoms with Gasteiger partial charge in [-0.25, -0.2) is 0 Å². The molecule has 106 valence electrons. The van der Waals surface area contributed by atoms with Crippen LogP contribution in [0.3, 0.4) is 0 Å². The highest BCUT2D eigenvalue weighted by atomic mass is 79.9. The summed E-state index contributed by atoms with van der Waals surface area (Å²) >= 11 is 3.59. The average Bonchev–Trinajstić information content (AvgIpc) is 2.72. The maximum Gasteiger partial charge on any atom is 0.162 e. The Morgan fingerprint density at radius 3 is 2.55 bits per heavy atom. The van der Waals surface area contributed by atoms with Gasteiger partial charge in [0.1, 0.15) is 18.9 Å². The van der Waals surface area contributed by atoms with Crippen LogP contribution >= 0.6 is 15.9 Å². The first-order valence-corrected chi connectivity index (χ1v) is 7.23. The van der Waals surface area contributed by atoms with Crippen molar-refractivity contribution >= 4 is 15.9 Å². The quantitative estimate of drug-likeness (QED) is 0.913. The molecule has 2 heterocycles. The number of rotatable bonds is 2. The number of hydrogen-bond donors (Lipinski definition) is 1. The van der Waals surface area contributed by atoms with Gasteiger partial charge in [-0.1, -0.05) is 0 Å². The Balaban J connectivity index is 2.15. The topological polar surface area (TPSA) is 62.3 Å². The van der Waals surface area contributed by atoms with Crippen LogP contribution in [0.15, 0.2) is 16.6 Å². The SMILES string of the molecule is Cc1cc2c(cc1-c1nn(C)c(CN)c1Br)OCCO2. The van der Waals surface area contributed by atoms with Crippen LogP contribution in [-0.2, 0) is 13.6 Å². The number of nitrogens with zero attached hydrogens (tertiary/aromatic N) is 2. The van der Waals surface area contributed by atoms with Crippen LogP contribution in [-0.4, -0.2) is 23.0 Å². The molecule has 2 aromatic rings. The molecule has 0 radical (unpaired) electrons. The summed E-state index contributed by atoms with van der Waals surface area (Å²) in [5.74, 6) is 1.56. The van der Waals surface area contributed by atoms with Gasteiger partial charge in [0.15, 0.2) is 11.5 Å². The standard InChI is InChI=1S/C14H16BrN3O2/c1-8-5-11-12(20-4-3-19-11)6-9(8)14-13(15)10(7-16)18(2)17-14/h5-6H,3-4,7,16H2,1-2H3. The van der Waals surface area contributed by atoms with Crippen LogP contribution in [0.5, 0.6) is 11.5 Å². The molecule has 0 aliphatic carbocycles. The van der Waals surface area contributed by atoms with Crippen molar-refractivity contribution < 1.29 is 9.47 Å². The molecule has 0 spiro atoms. The van der Waals surface area contributed by atoms with Gasteiger partial charge < -0.3 is 15.2 Å². The summed E-state index contributed by atoms with van der Waals surface area (Å²) in [4.78, 5) is 0. The van der Waals surface area contributed by atoms with Crippen LogP contribution in [0.25, 0.3) is 11.3 Å². The molecule has 1 aliphatic heterocycles. The molecule has 1 aromatic heterocycles. The molecular formula is C14H16BrN3O2. The second-order valence-corrected chi connectivity index (χ2v) is 5.54. The molecule has 0 atom stereocenters. The first-order valence-electron chi connectivity index (χ1n) is 6.44.